The van der Waals surface area contributed by atoms with Gasteiger partial charge in [0.15, 0.2) is 0 Å². The predicted octanol–water partition coefficient (Wildman–Crippen LogP) is 4.00. The number of carbonyl (C=O) groups is 1. The highest BCUT2D eigenvalue weighted by Gasteiger charge is 2.11. The van der Waals surface area contributed by atoms with Gasteiger partial charge in [0.2, 0.25) is 0 Å². The average Bonchev–Trinajstić information content (AvgIpc) is 2.53. The summed E-state index contributed by atoms with van der Waals surface area (Å²) in [7, 11) is 0. The summed E-state index contributed by atoms with van der Waals surface area (Å²) >= 11 is 5.71. The van der Waals surface area contributed by atoms with Crippen LogP contribution in [0.1, 0.15) is 11.1 Å². The number of nitro benzene ring substituents is 1. The molecule has 0 spiro atoms. The summed E-state index contributed by atoms with van der Waals surface area (Å²) in [4.78, 5) is 21.8. The van der Waals surface area contributed by atoms with Crippen molar-refractivity contribution in [2.24, 2.45) is 0 Å². The molecule has 0 unspecified atom stereocenters. The molecule has 0 aliphatic heterocycles. The van der Waals surface area contributed by atoms with Gasteiger partial charge in [0.1, 0.15) is 11.6 Å². The van der Waals surface area contributed by atoms with E-state index in [2.05, 4.69) is 0 Å². The number of hydrogen-bond acceptors (Lipinski definition) is 4. The lowest BCUT2D eigenvalue weighted by atomic mass is 10.2. The van der Waals surface area contributed by atoms with E-state index in [4.69, 9.17) is 16.3 Å². The summed E-state index contributed by atoms with van der Waals surface area (Å²) in [5.74, 6) is -0.526. The lowest BCUT2D eigenvalue weighted by molar-refractivity contribution is -0.384. The molecule has 2 aromatic carbocycles. The van der Waals surface area contributed by atoms with Gasteiger partial charge in [-0.05, 0) is 23.3 Å². The molecular weight excluding hydrogens is 306 g/mol. The highest BCUT2D eigenvalue weighted by atomic mass is 35.5. The second-order valence-electron chi connectivity index (χ2n) is 4.39. The van der Waals surface area contributed by atoms with E-state index in [1.165, 1.54) is 24.3 Å². The van der Waals surface area contributed by atoms with Crippen molar-refractivity contribution in [1.29, 1.82) is 0 Å². The van der Waals surface area contributed by atoms with Crippen molar-refractivity contribution in [1.82, 2.24) is 0 Å². The van der Waals surface area contributed by atoms with Crippen LogP contribution in [0.3, 0.4) is 0 Å². The first kappa shape index (κ1) is 15.7. The fourth-order valence-electron chi connectivity index (χ4n) is 1.71. The average molecular weight is 318 g/mol. The van der Waals surface area contributed by atoms with Crippen molar-refractivity contribution >= 4 is 29.3 Å². The molecule has 0 heterocycles. The molecule has 0 aliphatic carbocycles. The molecule has 5 nitrogen and oxygen atoms in total. The lowest BCUT2D eigenvalue weighted by Gasteiger charge is -2.01. The summed E-state index contributed by atoms with van der Waals surface area (Å²) in [5.41, 5.74) is 1.17. The normalized spacial score (nSPS) is 10.6. The molecule has 0 atom stereocenters. The van der Waals surface area contributed by atoms with E-state index in [1.807, 2.05) is 30.3 Å². The van der Waals surface area contributed by atoms with E-state index >= 15 is 0 Å². The van der Waals surface area contributed by atoms with Crippen molar-refractivity contribution in [3.63, 3.8) is 0 Å². The summed E-state index contributed by atoms with van der Waals surface area (Å²) in [6, 6.07) is 13.6. The summed E-state index contributed by atoms with van der Waals surface area (Å²) < 4.78 is 5.07. The van der Waals surface area contributed by atoms with Gasteiger partial charge in [-0.2, -0.15) is 0 Å². The summed E-state index contributed by atoms with van der Waals surface area (Å²) in [5, 5.41) is 10.8. The van der Waals surface area contributed by atoms with Crippen LogP contribution in [0.2, 0.25) is 5.02 Å². The number of rotatable bonds is 5. The van der Waals surface area contributed by atoms with Crippen LogP contribution < -0.4 is 0 Å². The first-order valence-electron chi connectivity index (χ1n) is 6.39. The Bertz CT molecular complexity index is 713. The topological polar surface area (TPSA) is 69.4 Å². The van der Waals surface area contributed by atoms with Crippen LogP contribution in [0.4, 0.5) is 5.69 Å². The highest BCUT2D eigenvalue weighted by molar-refractivity contribution is 6.32. The van der Waals surface area contributed by atoms with Crippen LogP contribution >= 0.6 is 11.6 Å². The van der Waals surface area contributed by atoms with Crippen molar-refractivity contribution in [3.05, 3.63) is 80.9 Å². The van der Waals surface area contributed by atoms with E-state index in [0.717, 1.165) is 5.56 Å². The fraction of sp³-hybridized carbons (Fsp3) is 0.0625. The van der Waals surface area contributed by atoms with Gasteiger partial charge >= 0.3 is 5.97 Å². The van der Waals surface area contributed by atoms with E-state index in [1.54, 1.807) is 6.07 Å². The molecule has 2 aromatic rings. The van der Waals surface area contributed by atoms with Crippen LogP contribution in [0, 0.1) is 10.1 Å². The SMILES string of the molecule is O=C(/C=C/c1ccc(Cl)c([N+](=O)[O-])c1)OCc1ccccc1. The van der Waals surface area contributed by atoms with Crippen molar-refractivity contribution in [2.75, 3.05) is 0 Å². The lowest BCUT2D eigenvalue weighted by Crippen LogP contribution is -2.00. The number of ether oxygens (including phenoxy) is 1. The highest BCUT2D eigenvalue weighted by Crippen LogP contribution is 2.25. The Kier molecular flexibility index (Phi) is 5.27. The van der Waals surface area contributed by atoms with Gasteiger partial charge in [-0.1, -0.05) is 48.0 Å². The maximum absolute atomic E-state index is 11.6. The second-order valence-corrected chi connectivity index (χ2v) is 4.80. The largest absolute Gasteiger partial charge is 0.458 e. The van der Waals surface area contributed by atoms with Gasteiger partial charge in [0, 0.05) is 12.1 Å². The van der Waals surface area contributed by atoms with Crippen LogP contribution in [-0.2, 0) is 16.1 Å². The Balaban J connectivity index is 1.98. The van der Waals surface area contributed by atoms with E-state index in [9.17, 15) is 14.9 Å². The van der Waals surface area contributed by atoms with Crippen LogP contribution in [0.25, 0.3) is 6.08 Å². The van der Waals surface area contributed by atoms with Gasteiger partial charge in [-0.25, -0.2) is 4.79 Å². The Labute approximate surface area is 131 Å². The minimum absolute atomic E-state index is 0.0498. The van der Waals surface area contributed by atoms with Gasteiger partial charge in [-0.3, -0.25) is 10.1 Å². The fourth-order valence-corrected chi connectivity index (χ4v) is 1.90. The van der Waals surface area contributed by atoms with Gasteiger partial charge < -0.3 is 4.74 Å². The number of nitro groups is 1. The molecular formula is C16H12ClNO4. The number of esters is 1. The van der Waals surface area contributed by atoms with Gasteiger partial charge in [0.05, 0.1) is 4.92 Å². The predicted molar refractivity (Wildman–Crippen MR) is 83.4 cm³/mol. The molecule has 2 rings (SSSR count). The van der Waals surface area contributed by atoms with Gasteiger partial charge in [0.25, 0.3) is 5.69 Å². The molecule has 0 radical (unpaired) electrons. The Hall–Kier alpha value is -2.66. The number of benzene rings is 2. The third kappa shape index (κ3) is 4.43. The van der Waals surface area contributed by atoms with E-state index < -0.39 is 10.9 Å². The molecule has 112 valence electrons. The first-order chi connectivity index (χ1) is 10.6. The first-order valence-corrected chi connectivity index (χ1v) is 6.77. The molecule has 0 bridgehead atoms. The molecule has 0 aromatic heterocycles. The second kappa shape index (κ2) is 7.38. The van der Waals surface area contributed by atoms with Crippen LogP contribution in [0.5, 0.6) is 0 Å². The van der Waals surface area contributed by atoms with E-state index in [0.29, 0.717) is 5.56 Å². The number of halogens is 1. The third-order valence-electron chi connectivity index (χ3n) is 2.80. The van der Waals surface area contributed by atoms with Crippen LogP contribution in [0.15, 0.2) is 54.6 Å². The minimum Gasteiger partial charge on any atom is -0.458 e. The molecule has 0 saturated carbocycles. The molecule has 0 N–H and O–H groups in total. The monoisotopic (exact) mass is 317 g/mol. The Morgan fingerprint density at radius 2 is 1.95 bits per heavy atom. The molecule has 0 amide bonds. The summed E-state index contributed by atoms with van der Waals surface area (Å²) in [6.07, 6.45) is 2.66. The zero-order valence-corrected chi connectivity index (χ0v) is 12.2. The number of hydrogen-bond donors (Lipinski definition) is 0. The molecule has 0 fully saturated rings. The minimum atomic E-state index is -0.576. The van der Waals surface area contributed by atoms with Crippen molar-refractivity contribution in [2.45, 2.75) is 6.61 Å². The maximum Gasteiger partial charge on any atom is 0.331 e. The van der Waals surface area contributed by atoms with Gasteiger partial charge in [-0.15, -0.1) is 0 Å². The van der Waals surface area contributed by atoms with Crippen LogP contribution in [-0.4, -0.2) is 10.9 Å². The van der Waals surface area contributed by atoms with Crippen molar-refractivity contribution in [3.8, 4) is 0 Å². The molecule has 0 saturated heterocycles. The quantitative estimate of drug-likeness (QED) is 0.361. The molecule has 0 aliphatic rings. The Morgan fingerprint density at radius 1 is 1.23 bits per heavy atom. The Morgan fingerprint density at radius 3 is 2.64 bits per heavy atom. The standard InChI is InChI=1S/C16H12ClNO4/c17-14-8-6-12(10-15(14)18(20)21)7-9-16(19)22-11-13-4-2-1-3-5-13/h1-10H,11H2/b9-7+. The van der Waals surface area contributed by atoms with E-state index in [-0.39, 0.29) is 17.3 Å². The van der Waals surface area contributed by atoms with Crippen molar-refractivity contribution < 1.29 is 14.5 Å². The molecule has 6 heteroatoms. The zero-order chi connectivity index (χ0) is 15.9. The maximum atomic E-state index is 11.6. The summed E-state index contributed by atoms with van der Waals surface area (Å²) in [6.45, 7) is 0.171. The zero-order valence-electron chi connectivity index (χ0n) is 11.4. The molecule has 22 heavy (non-hydrogen) atoms. The number of carbonyl (C=O) groups excluding carboxylic acids is 1. The smallest absolute Gasteiger partial charge is 0.331 e. The third-order valence-corrected chi connectivity index (χ3v) is 3.12. The number of nitrogens with zero attached hydrogens (tertiary/aromatic N) is 1.